The largest absolute Gasteiger partial charge is 0.303 e. The standard InChI is InChI=1S/C12H17N3S/c1-3-15(4-2)7-8-16-12-10-14-6-5-11(12)9-13/h5-6,10H,3-4,7-8H2,1-2H3. The highest BCUT2D eigenvalue weighted by Gasteiger charge is 2.03. The number of hydrogen-bond donors (Lipinski definition) is 0. The first kappa shape index (κ1) is 13.0. The maximum atomic E-state index is 8.92. The lowest BCUT2D eigenvalue weighted by Crippen LogP contribution is -2.25. The molecule has 0 aliphatic carbocycles. The van der Waals surface area contributed by atoms with Crippen molar-refractivity contribution in [3.05, 3.63) is 24.0 Å². The lowest BCUT2D eigenvalue weighted by molar-refractivity contribution is 0.324. The number of thioether (sulfide) groups is 1. The Morgan fingerprint density at radius 2 is 2.19 bits per heavy atom. The maximum absolute atomic E-state index is 8.92. The van der Waals surface area contributed by atoms with Crippen molar-refractivity contribution in [3.63, 3.8) is 0 Å². The molecule has 0 aliphatic rings. The van der Waals surface area contributed by atoms with Crippen molar-refractivity contribution in [2.45, 2.75) is 18.7 Å². The van der Waals surface area contributed by atoms with E-state index in [0.29, 0.717) is 0 Å². The fourth-order valence-corrected chi connectivity index (χ4v) is 2.39. The van der Waals surface area contributed by atoms with E-state index in [9.17, 15) is 0 Å². The van der Waals surface area contributed by atoms with Crippen LogP contribution in [0.3, 0.4) is 0 Å². The number of hydrogen-bond acceptors (Lipinski definition) is 4. The van der Waals surface area contributed by atoms with E-state index in [1.54, 1.807) is 30.2 Å². The second kappa shape index (κ2) is 7.26. The predicted molar refractivity (Wildman–Crippen MR) is 67.5 cm³/mol. The summed E-state index contributed by atoms with van der Waals surface area (Å²) in [5, 5.41) is 8.92. The van der Waals surface area contributed by atoms with Crippen molar-refractivity contribution in [2.75, 3.05) is 25.4 Å². The molecule has 0 bridgehead atoms. The van der Waals surface area contributed by atoms with Crippen LogP contribution < -0.4 is 0 Å². The zero-order valence-electron chi connectivity index (χ0n) is 9.81. The SMILES string of the molecule is CCN(CC)CCSc1cnccc1C#N. The molecule has 86 valence electrons. The summed E-state index contributed by atoms with van der Waals surface area (Å²) in [6.07, 6.45) is 3.43. The van der Waals surface area contributed by atoms with Crippen molar-refractivity contribution in [1.82, 2.24) is 9.88 Å². The fraction of sp³-hybridized carbons (Fsp3) is 0.500. The topological polar surface area (TPSA) is 39.9 Å². The number of nitrogens with zero attached hydrogens (tertiary/aromatic N) is 3. The molecule has 0 saturated carbocycles. The van der Waals surface area contributed by atoms with Crippen LogP contribution in [0.2, 0.25) is 0 Å². The molecule has 0 aromatic carbocycles. The molecule has 4 heteroatoms. The third-order valence-corrected chi connectivity index (χ3v) is 3.49. The van der Waals surface area contributed by atoms with E-state index < -0.39 is 0 Å². The minimum Gasteiger partial charge on any atom is -0.303 e. The molecule has 0 atom stereocenters. The number of aromatic nitrogens is 1. The highest BCUT2D eigenvalue weighted by atomic mass is 32.2. The monoisotopic (exact) mass is 235 g/mol. The molecular weight excluding hydrogens is 218 g/mol. The van der Waals surface area contributed by atoms with Crippen LogP contribution in [0.4, 0.5) is 0 Å². The quantitative estimate of drug-likeness (QED) is 0.710. The van der Waals surface area contributed by atoms with E-state index in [-0.39, 0.29) is 0 Å². The van der Waals surface area contributed by atoms with Gasteiger partial charge >= 0.3 is 0 Å². The fourth-order valence-electron chi connectivity index (χ4n) is 1.41. The Hall–Kier alpha value is -1.05. The lowest BCUT2D eigenvalue weighted by Gasteiger charge is -2.17. The summed E-state index contributed by atoms with van der Waals surface area (Å²) in [7, 11) is 0. The minimum atomic E-state index is 0.722. The first-order chi connectivity index (χ1) is 7.81. The Labute approximate surface area is 101 Å². The summed E-state index contributed by atoms with van der Waals surface area (Å²) in [5.41, 5.74) is 0.722. The Kier molecular flexibility index (Phi) is 5.91. The summed E-state index contributed by atoms with van der Waals surface area (Å²) in [6.45, 7) is 7.54. The van der Waals surface area contributed by atoms with Gasteiger partial charge in [0.2, 0.25) is 0 Å². The van der Waals surface area contributed by atoms with Crippen LogP contribution in [-0.2, 0) is 0 Å². The molecule has 0 amide bonds. The molecular formula is C12H17N3S. The third-order valence-electron chi connectivity index (χ3n) is 2.46. The zero-order valence-corrected chi connectivity index (χ0v) is 10.6. The van der Waals surface area contributed by atoms with E-state index in [2.05, 4.69) is 29.8 Å². The minimum absolute atomic E-state index is 0.722. The van der Waals surface area contributed by atoms with Crippen LogP contribution in [0.15, 0.2) is 23.4 Å². The van der Waals surface area contributed by atoms with E-state index in [4.69, 9.17) is 5.26 Å². The van der Waals surface area contributed by atoms with Crippen molar-refractivity contribution >= 4 is 11.8 Å². The summed E-state index contributed by atoms with van der Waals surface area (Å²) in [4.78, 5) is 7.40. The van der Waals surface area contributed by atoms with Gasteiger partial charge in [0.15, 0.2) is 0 Å². The van der Waals surface area contributed by atoms with Gasteiger partial charge in [-0.1, -0.05) is 13.8 Å². The Bertz CT molecular complexity index is 356. The van der Waals surface area contributed by atoms with Gasteiger partial charge in [-0.05, 0) is 19.2 Å². The van der Waals surface area contributed by atoms with Crippen molar-refractivity contribution in [1.29, 1.82) is 5.26 Å². The maximum Gasteiger partial charge on any atom is 0.100 e. The third kappa shape index (κ3) is 3.84. The second-order valence-corrected chi connectivity index (χ2v) is 4.50. The molecule has 1 rings (SSSR count). The molecule has 3 nitrogen and oxygen atoms in total. The first-order valence-electron chi connectivity index (χ1n) is 5.51. The normalized spacial score (nSPS) is 10.4. The molecule has 0 N–H and O–H groups in total. The zero-order chi connectivity index (χ0) is 11.8. The summed E-state index contributed by atoms with van der Waals surface area (Å²) in [5.74, 6) is 1.00. The number of rotatable bonds is 6. The molecule has 0 saturated heterocycles. The molecule has 0 spiro atoms. The number of pyridine rings is 1. The molecule has 0 unspecified atom stereocenters. The van der Waals surface area contributed by atoms with Gasteiger partial charge < -0.3 is 4.90 Å². The average molecular weight is 235 g/mol. The van der Waals surface area contributed by atoms with Gasteiger partial charge in [-0.3, -0.25) is 4.98 Å². The first-order valence-corrected chi connectivity index (χ1v) is 6.49. The van der Waals surface area contributed by atoms with Crippen molar-refractivity contribution in [3.8, 4) is 6.07 Å². The summed E-state index contributed by atoms with van der Waals surface area (Å²) in [6, 6.07) is 3.95. The van der Waals surface area contributed by atoms with Crippen LogP contribution in [0.25, 0.3) is 0 Å². The molecule has 0 aliphatic heterocycles. The highest BCUT2D eigenvalue weighted by Crippen LogP contribution is 2.20. The molecule has 1 heterocycles. The van der Waals surface area contributed by atoms with Crippen LogP contribution in [0.5, 0.6) is 0 Å². The Morgan fingerprint density at radius 3 is 2.81 bits per heavy atom. The Morgan fingerprint density at radius 1 is 1.44 bits per heavy atom. The van der Waals surface area contributed by atoms with Gasteiger partial charge in [0.05, 0.1) is 5.56 Å². The van der Waals surface area contributed by atoms with Crippen molar-refractivity contribution < 1.29 is 0 Å². The van der Waals surface area contributed by atoms with E-state index >= 15 is 0 Å². The van der Waals surface area contributed by atoms with Crippen LogP contribution in [0.1, 0.15) is 19.4 Å². The van der Waals surface area contributed by atoms with Gasteiger partial charge in [0.1, 0.15) is 6.07 Å². The molecule has 1 aromatic heterocycles. The second-order valence-electron chi connectivity index (χ2n) is 3.36. The van der Waals surface area contributed by atoms with Crippen molar-refractivity contribution in [2.24, 2.45) is 0 Å². The highest BCUT2D eigenvalue weighted by molar-refractivity contribution is 7.99. The predicted octanol–water partition coefficient (Wildman–Crippen LogP) is 2.39. The molecule has 0 radical (unpaired) electrons. The van der Waals surface area contributed by atoms with Crippen LogP contribution >= 0.6 is 11.8 Å². The molecule has 1 aromatic rings. The van der Waals surface area contributed by atoms with Gasteiger partial charge in [-0.15, -0.1) is 11.8 Å². The van der Waals surface area contributed by atoms with E-state index in [1.165, 1.54) is 0 Å². The molecule has 16 heavy (non-hydrogen) atoms. The van der Waals surface area contributed by atoms with Gasteiger partial charge in [-0.25, -0.2) is 0 Å². The summed E-state index contributed by atoms with van der Waals surface area (Å²) < 4.78 is 0. The van der Waals surface area contributed by atoms with E-state index in [1.807, 2.05) is 0 Å². The van der Waals surface area contributed by atoms with Crippen LogP contribution in [0, 0.1) is 11.3 Å². The number of nitriles is 1. The van der Waals surface area contributed by atoms with Gasteiger partial charge in [0.25, 0.3) is 0 Å². The molecule has 0 fully saturated rings. The lowest BCUT2D eigenvalue weighted by atomic mass is 10.3. The average Bonchev–Trinajstić information content (AvgIpc) is 2.35. The van der Waals surface area contributed by atoms with Crippen LogP contribution in [-0.4, -0.2) is 35.3 Å². The summed E-state index contributed by atoms with van der Waals surface area (Å²) >= 11 is 1.70. The van der Waals surface area contributed by atoms with Gasteiger partial charge in [-0.2, -0.15) is 5.26 Å². The smallest absolute Gasteiger partial charge is 0.100 e. The van der Waals surface area contributed by atoms with E-state index in [0.717, 1.165) is 35.8 Å². The Balaban J connectivity index is 2.46. The van der Waals surface area contributed by atoms with Gasteiger partial charge in [0, 0.05) is 29.6 Å².